The van der Waals surface area contributed by atoms with Crippen LogP contribution in [0.3, 0.4) is 0 Å². The average molecular weight is 338 g/mol. The molecular weight excluding hydrogens is 312 g/mol. The number of benzene rings is 1. The van der Waals surface area contributed by atoms with E-state index in [1.165, 1.54) is 11.1 Å². The maximum absolute atomic E-state index is 12.9. The van der Waals surface area contributed by atoms with Gasteiger partial charge < -0.3 is 9.32 Å². The SMILES string of the molecule is CN(C(=O)C1CCN(Cc2ccco2)CC1)C1Cc2ccccc2C1. The van der Waals surface area contributed by atoms with Gasteiger partial charge in [-0.2, -0.15) is 0 Å². The van der Waals surface area contributed by atoms with Crippen molar-refractivity contribution in [2.45, 2.75) is 38.3 Å². The second kappa shape index (κ2) is 7.04. The van der Waals surface area contributed by atoms with Crippen LogP contribution in [0.25, 0.3) is 0 Å². The number of furan rings is 1. The summed E-state index contributed by atoms with van der Waals surface area (Å²) >= 11 is 0. The monoisotopic (exact) mass is 338 g/mol. The molecule has 1 fully saturated rings. The molecule has 0 atom stereocenters. The summed E-state index contributed by atoms with van der Waals surface area (Å²) in [4.78, 5) is 17.4. The molecule has 0 unspecified atom stereocenters. The minimum Gasteiger partial charge on any atom is -0.468 e. The topological polar surface area (TPSA) is 36.7 Å². The maximum atomic E-state index is 12.9. The lowest BCUT2D eigenvalue weighted by molar-refractivity contribution is -0.137. The van der Waals surface area contributed by atoms with Crippen molar-refractivity contribution in [1.29, 1.82) is 0 Å². The number of carbonyl (C=O) groups is 1. The van der Waals surface area contributed by atoms with Crippen LogP contribution >= 0.6 is 0 Å². The predicted molar refractivity (Wildman–Crippen MR) is 97.1 cm³/mol. The van der Waals surface area contributed by atoms with E-state index in [4.69, 9.17) is 4.42 Å². The van der Waals surface area contributed by atoms with Gasteiger partial charge >= 0.3 is 0 Å². The Labute approximate surface area is 149 Å². The number of carbonyl (C=O) groups excluding carboxylic acids is 1. The van der Waals surface area contributed by atoms with Crippen molar-refractivity contribution in [1.82, 2.24) is 9.80 Å². The summed E-state index contributed by atoms with van der Waals surface area (Å²) in [5.41, 5.74) is 2.81. The number of hydrogen-bond donors (Lipinski definition) is 0. The Bertz CT molecular complexity index is 692. The van der Waals surface area contributed by atoms with Gasteiger partial charge in [-0.1, -0.05) is 24.3 Å². The van der Waals surface area contributed by atoms with Gasteiger partial charge in [-0.05, 0) is 62.0 Å². The van der Waals surface area contributed by atoms with Crippen LogP contribution in [0.1, 0.15) is 29.7 Å². The lowest BCUT2D eigenvalue weighted by Gasteiger charge is -2.34. The van der Waals surface area contributed by atoms with Gasteiger partial charge in [0.25, 0.3) is 0 Å². The molecule has 2 heterocycles. The zero-order valence-corrected chi connectivity index (χ0v) is 14.9. The second-order valence-corrected chi connectivity index (χ2v) is 7.41. The fourth-order valence-corrected chi connectivity index (χ4v) is 4.24. The van der Waals surface area contributed by atoms with Crippen molar-refractivity contribution in [2.75, 3.05) is 20.1 Å². The fourth-order valence-electron chi connectivity index (χ4n) is 4.24. The van der Waals surface area contributed by atoms with E-state index >= 15 is 0 Å². The van der Waals surface area contributed by atoms with Crippen LogP contribution in [0.15, 0.2) is 47.1 Å². The molecule has 2 aromatic rings. The standard InChI is InChI=1S/C21H26N2O2/c1-22(19-13-17-5-2-3-6-18(17)14-19)21(24)16-8-10-23(11-9-16)15-20-7-4-12-25-20/h2-7,12,16,19H,8-11,13-15H2,1H3. The highest BCUT2D eigenvalue weighted by molar-refractivity contribution is 5.79. The molecule has 1 aliphatic carbocycles. The van der Waals surface area contributed by atoms with Crippen LogP contribution in [0, 0.1) is 5.92 Å². The number of hydrogen-bond acceptors (Lipinski definition) is 3. The maximum Gasteiger partial charge on any atom is 0.225 e. The van der Waals surface area contributed by atoms with Crippen molar-refractivity contribution in [3.8, 4) is 0 Å². The van der Waals surface area contributed by atoms with E-state index in [2.05, 4.69) is 29.2 Å². The lowest BCUT2D eigenvalue weighted by Crippen LogP contribution is -2.45. The molecule has 1 saturated heterocycles. The van der Waals surface area contributed by atoms with Crippen LogP contribution in [0.2, 0.25) is 0 Å². The molecule has 1 amide bonds. The number of fused-ring (bicyclic) bond motifs is 1. The lowest BCUT2D eigenvalue weighted by atomic mass is 9.94. The highest BCUT2D eigenvalue weighted by Gasteiger charge is 2.32. The minimum absolute atomic E-state index is 0.168. The Kier molecular flexibility index (Phi) is 4.62. The summed E-state index contributed by atoms with van der Waals surface area (Å²) in [5, 5.41) is 0. The van der Waals surface area contributed by atoms with Gasteiger partial charge in [0, 0.05) is 19.0 Å². The Hall–Kier alpha value is -2.07. The van der Waals surface area contributed by atoms with Gasteiger partial charge in [-0.3, -0.25) is 9.69 Å². The first kappa shape index (κ1) is 16.4. The smallest absolute Gasteiger partial charge is 0.225 e. The van der Waals surface area contributed by atoms with Crippen molar-refractivity contribution < 1.29 is 9.21 Å². The van der Waals surface area contributed by atoms with E-state index in [-0.39, 0.29) is 5.92 Å². The number of amides is 1. The predicted octanol–water partition coefficient (Wildman–Crippen LogP) is 3.12. The molecule has 4 nitrogen and oxygen atoms in total. The van der Waals surface area contributed by atoms with Crippen molar-refractivity contribution in [3.05, 3.63) is 59.5 Å². The normalized spacial score (nSPS) is 19.1. The number of nitrogens with zero attached hydrogens (tertiary/aromatic N) is 2. The third-order valence-electron chi connectivity index (χ3n) is 5.82. The number of rotatable bonds is 4. The summed E-state index contributed by atoms with van der Waals surface area (Å²) in [6.45, 7) is 2.79. The Morgan fingerprint density at radius 1 is 1.12 bits per heavy atom. The van der Waals surface area contributed by atoms with E-state index in [1.807, 2.05) is 24.1 Å². The molecule has 1 aliphatic heterocycles. The highest BCUT2D eigenvalue weighted by atomic mass is 16.3. The molecule has 0 bridgehead atoms. The molecule has 0 saturated carbocycles. The largest absolute Gasteiger partial charge is 0.468 e. The van der Waals surface area contributed by atoms with Gasteiger partial charge in [-0.15, -0.1) is 0 Å². The summed E-state index contributed by atoms with van der Waals surface area (Å²) in [7, 11) is 1.99. The summed E-state index contributed by atoms with van der Waals surface area (Å²) in [6.07, 6.45) is 5.61. The Balaban J connectivity index is 1.30. The first-order valence-electron chi connectivity index (χ1n) is 9.29. The van der Waals surface area contributed by atoms with Crippen LogP contribution < -0.4 is 0 Å². The molecule has 0 radical (unpaired) electrons. The van der Waals surface area contributed by atoms with Gasteiger partial charge in [0.2, 0.25) is 5.91 Å². The van der Waals surface area contributed by atoms with Crippen molar-refractivity contribution >= 4 is 5.91 Å². The fraction of sp³-hybridized carbons (Fsp3) is 0.476. The van der Waals surface area contributed by atoms with Crippen LogP contribution in [0.4, 0.5) is 0 Å². The second-order valence-electron chi connectivity index (χ2n) is 7.41. The summed E-state index contributed by atoms with van der Waals surface area (Å²) in [5.74, 6) is 1.50. The summed E-state index contributed by atoms with van der Waals surface area (Å²) < 4.78 is 5.43. The van der Waals surface area contributed by atoms with Gasteiger partial charge in [0.15, 0.2) is 0 Å². The zero-order chi connectivity index (χ0) is 17.2. The van der Waals surface area contributed by atoms with E-state index < -0.39 is 0 Å². The molecule has 25 heavy (non-hydrogen) atoms. The molecule has 132 valence electrons. The first-order valence-corrected chi connectivity index (χ1v) is 9.29. The van der Waals surface area contributed by atoms with Crippen LogP contribution in [0.5, 0.6) is 0 Å². The van der Waals surface area contributed by atoms with E-state index in [0.29, 0.717) is 11.9 Å². The quantitative estimate of drug-likeness (QED) is 0.859. The van der Waals surface area contributed by atoms with Crippen molar-refractivity contribution in [2.24, 2.45) is 5.92 Å². The zero-order valence-electron chi connectivity index (χ0n) is 14.9. The number of piperidine rings is 1. The third-order valence-corrected chi connectivity index (χ3v) is 5.82. The molecule has 1 aromatic carbocycles. The van der Waals surface area contributed by atoms with Gasteiger partial charge in [0.1, 0.15) is 5.76 Å². The molecule has 0 N–H and O–H groups in total. The number of likely N-dealkylation sites (tertiary alicyclic amines) is 1. The van der Waals surface area contributed by atoms with Crippen molar-refractivity contribution in [3.63, 3.8) is 0 Å². The average Bonchev–Trinajstić information content (AvgIpc) is 3.30. The van der Waals surface area contributed by atoms with Crippen LogP contribution in [-0.4, -0.2) is 41.9 Å². The van der Waals surface area contributed by atoms with Gasteiger partial charge in [0.05, 0.1) is 12.8 Å². The molecule has 1 aromatic heterocycles. The van der Waals surface area contributed by atoms with E-state index in [9.17, 15) is 4.79 Å². The third kappa shape index (κ3) is 3.49. The van der Waals surface area contributed by atoms with E-state index in [0.717, 1.165) is 51.1 Å². The minimum atomic E-state index is 0.168. The summed E-state index contributed by atoms with van der Waals surface area (Å²) in [6, 6.07) is 12.9. The number of likely N-dealkylation sites (N-methyl/N-ethyl adjacent to an activating group) is 1. The molecule has 4 rings (SSSR count). The Morgan fingerprint density at radius 2 is 1.80 bits per heavy atom. The van der Waals surface area contributed by atoms with E-state index in [1.54, 1.807) is 6.26 Å². The molecule has 0 spiro atoms. The van der Waals surface area contributed by atoms with Gasteiger partial charge in [-0.25, -0.2) is 0 Å². The molecule has 4 heteroatoms. The Morgan fingerprint density at radius 3 is 2.40 bits per heavy atom. The highest BCUT2D eigenvalue weighted by Crippen LogP contribution is 2.27. The van der Waals surface area contributed by atoms with Crippen LogP contribution in [-0.2, 0) is 24.2 Å². The molecule has 2 aliphatic rings. The molecular formula is C21H26N2O2. The first-order chi connectivity index (χ1) is 12.2.